The van der Waals surface area contributed by atoms with Crippen LogP contribution in [0.1, 0.15) is 34.8 Å². The number of carbonyl (C=O) groups excluding carboxylic acids is 2. The minimum Gasteiger partial charge on any atom is -0.484 e. The Morgan fingerprint density at radius 1 is 0.558 bits per heavy atom. The lowest BCUT2D eigenvalue weighted by atomic mass is 10.1. The Balaban J connectivity index is 1.11. The number of thiophene rings is 2. The van der Waals surface area contributed by atoms with Gasteiger partial charge in [0.2, 0.25) is 0 Å². The Hall–Kier alpha value is -5.00. The fraction of sp³-hybridized carbons (Fsp3) is 0.238. The molecule has 6 rings (SSSR count). The molecule has 0 fully saturated rings. The molecule has 0 aliphatic rings. The third kappa shape index (κ3) is 9.45. The van der Waals surface area contributed by atoms with E-state index in [1.54, 1.807) is 22.7 Å². The molecule has 6 aromatic rings. The molecule has 0 spiro atoms. The van der Waals surface area contributed by atoms with Crippen LogP contribution >= 0.6 is 22.7 Å². The number of esters is 2. The third-order valence-electron chi connectivity index (χ3n) is 8.60. The van der Waals surface area contributed by atoms with Gasteiger partial charge in [-0.3, -0.25) is 9.80 Å². The maximum Gasteiger partial charge on any atom is 0.332 e. The lowest BCUT2D eigenvalue weighted by Crippen LogP contribution is -2.35. The molecule has 0 N–H and O–H groups in total. The van der Waals surface area contributed by atoms with Crippen molar-refractivity contribution in [2.45, 2.75) is 37.5 Å². The van der Waals surface area contributed by atoms with Gasteiger partial charge in [-0.05, 0) is 74.0 Å². The standard InChI is InChI=1S/C42H42N2O6S2/c1-43(2)39(27-35(37-21-11-25-51-37)47-33-19-9-15-29-13-5-7-17-31(29)33)49-41(45)23-24-42(46)50-40(44(3)4)28-36(38-22-12-26-52-38)48-34-20-10-16-30-14-6-8-18-32(30)34/h5-26,35-36,39-40H,27-28H2,1-4H3/b24-23-/t35-,36-,39?,40?/m0/s1. The molecule has 0 bridgehead atoms. The zero-order valence-electron chi connectivity index (χ0n) is 29.6. The van der Waals surface area contributed by atoms with Gasteiger partial charge in [0.1, 0.15) is 23.7 Å². The van der Waals surface area contributed by atoms with Gasteiger partial charge in [0.15, 0.2) is 12.5 Å². The lowest BCUT2D eigenvalue weighted by Gasteiger charge is -2.28. The molecule has 0 amide bonds. The fourth-order valence-corrected chi connectivity index (χ4v) is 7.41. The highest BCUT2D eigenvalue weighted by atomic mass is 32.1. The molecule has 52 heavy (non-hydrogen) atoms. The van der Waals surface area contributed by atoms with Gasteiger partial charge in [-0.1, -0.05) is 84.9 Å². The smallest absolute Gasteiger partial charge is 0.332 e. The summed E-state index contributed by atoms with van der Waals surface area (Å²) in [7, 11) is 7.35. The summed E-state index contributed by atoms with van der Waals surface area (Å²) in [6.07, 6.45) is 0.918. The first-order valence-electron chi connectivity index (χ1n) is 17.0. The summed E-state index contributed by atoms with van der Waals surface area (Å²) in [6, 6.07) is 36.1. The van der Waals surface area contributed by atoms with E-state index in [9.17, 15) is 9.59 Å². The molecule has 10 heteroatoms. The van der Waals surface area contributed by atoms with Crippen molar-refractivity contribution in [3.63, 3.8) is 0 Å². The van der Waals surface area contributed by atoms with Gasteiger partial charge in [-0.15, -0.1) is 22.7 Å². The minimum absolute atomic E-state index is 0.365. The van der Waals surface area contributed by atoms with Crippen LogP contribution in [0, 0.1) is 0 Å². The quantitative estimate of drug-likeness (QED) is 0.0554. The number of carbonyl (C=O) groups is 2. The molecule has 0 saturated carbocycles. The van der Waals surface area contributed by atoms with Gasteiger partial charge in [-0.25, -0.2) is 9.59 Å². The van der Waals surface area contributed by atoms with E-state index in [4.69, 9.17) is 18.9 Å². The molecule has 268 valence electrons. The Morgan fingerprint density at radius 3 is 1.35 bits per heavy atom. The van der Waals surface area contributed by atoms with E-state index in [2.05, 4.69) is 0 Å². The van der Waals surface area contributed by atoms with Crippen molar-refractivity contribution >= 4 is 56.2 Å². The van der Waals surface area contributed by atoms with Crippen molar-refractivity contribution < 1.29 is 28.5 Å². The molecule has 4 aromatic carbocycles. The van der Waals surface area contributed by atoms with E-state index in [0.717, 1.165) is 55.0 Å². The van der Waals surface area contributed by atoms with Crippen LogP contribution in [0.15, 0.2) is 132 Å². The number of hydrogen-bond donors (Lipinski definition) is 0. The first kappa shape index (κ1) is 36.8. The highest BCUT2D eigenvalue weighted by molar-refractivity contribution is 7.10. The summed E-state index contributed by atoms with van der Waals surface area (Å²) in [5.41, 5.74) is 0. The number of ether oxygens (including phenoxy) is 4. The summed E-state index contributed by atoms with van der Waals surface area (Å²) in [5.74, 6) is 0.176. The van der Waals surface area contributed by atoms with Gasteiger partial charge in [-0.2, -0.15) is 0 Å². The van der Waals surface area contributed by atoms with E-state index in [0.29, 0.717) is 12.8 Å². The van der Waals surface area contributed by atoms with Crippen LogP contribution < -0.4 is 9.47 Å². The molecule has 0 radical (unpaired) electrons. The van der Waals surface area contributed by atoms with Gasteiger partial charge < -0.3 is 18.9 Å². The van der Waals surface area contributed by atoms with Gasteiger partial charge in [0.25, 0.3) is 0 Å². The molecule has 0 aliphatic heterocycles. The molecule has 2 heterocycles. The van der Waals surface area contributed by atoms with Gasteiger partial charge in [0.05, 0.1) is 0 Å². The number of fused-ring (bicyclic) bond motifs is 2. The van der Waals surface area contributed by atoms with Gasteiger partial charge in [0, 0.05) is 45.5 Å². The summed E-state index contributed by atoms with van der Waals surface area (Å²) < 4.78 is 24.9. The largest absolute Gasteiger partial charge is 0.484 e. The highest BCUT2D eigenvalue weighted by Crippen LogP contribution is 2.36. The molecule has 4 atom stereocenters. The topological polar surface area (TPSA) is 77.5 Å². The summed E-state index contributed by atoms with van der Waals surface area (Å²) in [6.45, 7) is 0. The number of rotatable bonds is 16. The van der Waals surface area contributed by atoms with Crippen molar-refractivity contribution in [2.24, 2.45) is 0 Å². The average Bonchev–Trinajstić information content (AvgIpc) is 3.89. The lowest BCUT2D eigenvalue weighted by molar-refractivity contribution is -0.156. The summed E-state index contributed by atoms with van der Waals surface area (Å²) in [5, 5.41) is 8.16. The van der Waals surface area contributed by atoms with Crippen molar-refractivity contribution in [1.29, 1.82) is 0 Å². The van der Waals surface area contributed by atoms with Gasteiger partial charge >= 0.3 is 11.9 Å². The maximum atomic E-state index is 13.1. The molecule has 8 nitrogen and oxygen atoms in total. The fourth-order valence-electron chi connectivity index (χ4n) is 5.87. The normalized spacial score (nSPS) is 14.0. The Labute approximate surface area is 312 Å². The van der Waals surface area contributed by atoms with Crippen LogP contribution in [0.2, 0.25) is 0 Å². The first-order valence-corrected chi connectivity index (χ1v) is 18.8. The van der Waals surface area contributed by atoms with E-state index < -0.39 is 24.4 Å². The predicted octanol–water partition coefficient (Wildman–Crippen LogP) is 9.25. The van der Waals surface area contributed by atoms with Crippen LogP contribution in [0.5, 0.6) is 11.5 Å². The third-order valence-corrected chi connectivity index (χ3v) is 10.5. The van der Waals surface area contributed by atoms with E-state index in [-0.39, 0.29) is 12.2 Å². The van der Waals surface area contributed by atoms with Crippen LogP contribution in [0.4, 0.5) is 0 Å². The van der Waals surface area contributed by atoms with Crippen molar-refractivity contribution in [1.82, 2.24) is 9.80 Å². The monoisotopic (exact) mass is 734 g/mol. The molecular weight excluding hydrogens is 693 g/mol. The van der Waals surface area contributed by atoms with E-state index >= 15 is 0 Å². The van der Waals surface area contributed by atoms with Crippen molar-refractivity contribution in [3.8, 4) is 11.5 Å². The van der Waals surface area contributed by atoms with E-state index in [1.807, 2.05) is 158 Å². The second-order valence-corrected chi connectivity index (χ2v) is 14.7. The zero-order chi connectivity index (χ0) is 36.5. The molecule has 2 aromatic heterocycles. The number of nitrogens with zero attached hydrogens (tertiary/aromatic N) is 2. The average molecular weight is 735 g/mol. The summed E-state index contributed by atoms with van der Waals surface area (Å²) >= 11 is 3.17. The predicted molar refractivity (Wildman–Crippen MR) is 209 cm³/mol. The zero-order valence-corrected chi connectivity index (χ0v) is 31.2. The van der Waals surface area contributed by atoms with Crippen LogP contribution in [0.25, 0.3) is 21.5 Å². The van der Waals surface area contributed by atoms with Crippen LogP contribution in [-0.2, 0) is 19.1 Å². The number of hydrogen-bond acceptors (Lipinski definition) is 10. The number of benzene rings is 4. The Bertz CT molecular complexity index is 1930. The molecule has 0 saturated heterocycles. The SMILES string of the molecule is CN(C)C(C[C@H](Oc1cccc2ccccc12)c1cccs1)OC(=O)/C=C\C(=O)OC(C[C@H](Oc1cccc2ccccc12)c1cccs1)N(C)C. The van der Waals surface area contributed by atoms with E-state index in [1.165, 1.54) is 0 Å². The molecule has 0 aliphatic carbocycles. The Kier molecular flexibility index (Phi) is 12.4. The van der Waals surface area contributed by atoms with Crippen molar-refractivity contribution in [3.05, 3.63) is 142 Å². The minimum atomic E-state index is -0.664. The van der Waals surface area contributed by atoms with Crippen molar-refractivity contribution in [2.75, 3.05) is 28.2 Å². The first-order chi connectivity index (χ1) is 25.2. The second kappa shape index (κ2) is 17.5. The Morgan fingerprint density at radius 2 is 0.962 bits per heavy atom. The second-order valence-electron chi connectivity index (χ2n) is 12.7. The summed E-state index contributed by atoms with van der Waals surface area (Å²) in [4.78, 5) is 31.9. The molecule has 2 unspecified atom stereocenters. The highest BCUT2D eigenvalue weighted by Gasteiger charge is 2.27. The van der Waals surface area contributed by atoms with Crippen LogP contribution in [0.3, 0.4) is 0 Å². The molecular formula is C42H42N2O6S2. The maximum absolute atomic E-state index is 13.1. The van der Waals surface area contributed by atoms with Crippen LogP contribution in [-0.4, -0.2) is 62.4 Å².